The SMILES string of the molecule is CC(C)(N)/C=C/c1ccn2cc(-c3ccc(-n4nccn4)cc3O)nc2n1. The molecule has 0 saturated heterocycles. The number of phenolic OH excluding ortho intramolecular Hbond substituents is 1. The highest BCUT2D eigenvalue weighted by atomic mass is 16.3. The standard InChI is InChI=1S/C19H19N7O/c1-19(2,20)7-5-13-6-10-25-12-16(24-18(25)23-13)15-4-3-14(11-17(15)27)26-21-8-9-22-26/h3-12,27H,20H2,1-2H3/b7-5+. The number of imidazole rings is 1. The van der Waals surface area contributed by atoms with Crippen LogP contribution in [0.15, 0.2) is 55.1 Å². The predicted molar refractivity (Wildman–Crippen MR) is 102 cm³/mol. The van der Waals surface area contributed by atoms with Gasteiger partial charge < -0.3 is 10.8 Å². The average molecular weight is 361 g/mol. The molecular formula is C19H19N7O. The molecule has 4 rings (SSSR count). The van der Waals surface area contributed by atoms with Crippen molar-refractivity contribution in [3.63, 3.8) is 0 Å². The van der Waals surface area contributed by atoms with Crippen molar-refractivity contribution in [2.45, 2.75) is 19.4 Å². The van der Waals surface area contributed by atoms with Crippen LogP contribution in [0.2, 0.25) is 0 Å². The summed E-state index contributed by atoms with van der Waals surface area (Å²) in [5, 5.41) is 18.6. The van der Waals surface area contributed by atoms with Crippen LogP contribution in [-0.4, -0.2) is 40.0 Å². The van der Waals surface area contributed by atoms with Crippen molar-refractivity contribution in [1.29, 1.82) is 0 Å². The fourth-order valence-corrected chi connectivity index (χ4v) is 2.62. The number of nitrogens with zero attached hydrogens (tertiary/aromatic N) is 6. The summed E-state index contributed by atoms with van der Waals surface area (Å²) in [6.07, 6.45) is 10.6. The van der Waals surface area contributed by atoms with E-state index in [1.165, 1.54) is 4.80 Å². The molecule has 0 aliphatic carbocycles. The Hall–Kier alpha value is -3.52. The Labute approximate surface area is 155 Å². The minimum absolute atomic E-state index is 0.0956. The molecule has 8 heteroatoms. The largest absolute Gasteiger partial charge is 0.507 e. The third-order valence-electron chi connectivity index (χ3n) is 3.94. The molecule has 0 amide bonds. The van der Waals surface area contributed by atoms with Gasteiger partial charge in [-0.05, 0) is 38.1 Å². The van der Waals surface area contributed by atoms with Crippen molar-refractivity contribution in [1.82, 2.24) is 29.4 Å². The first-order valence-corrected chi connectivity index (χ1v) is 8.43. The lowest BCUT2D eigenvalue weighted by Crippen LogP contribution is -2.28. The molecule has 8 nitrogen and oxygen atoms in total. The molecule has 0 aliphatic heterocycles. The number of rotatable bonds is 4. The van der Waals surface area contributed by atoms with Gasteiger partial charge in [-0.25, -0.2) is 9.97 Å². The van der Waals surface area contributed by atoms with Crippen LogP contribution >= 0.6 is 0 Å². The minimum Gasteiger partial charge on any atom is -0.507 e. The summed E-state index contributed by atoms with van der Waals surface area (Å²) >= 11 is 0. The highest BCUT2D eigenvalue weighted by Gasteiger charge is 2.12. The Bertz CT molecular complexity index is 1120. The van der Waals surface area contributed by atoms with E-state index >= 15 is 0 Å². The van der Waals surface area contributed by atoms with Gasteiger partial charge >= 0.3 is 0 Å². The molecule has 0 spiro atoms. The van der Waals surface area contributed by atoms with Crippen molar-refractivity contribution in [2.24, 2.45) is 5.73 Å². The summed E-state index contributed by atoms with van der Waals surface area (Å²) in [5.41, 5.74) is 8.22. The van der Waals surface area contributed by atoms with Crippen LogP contribution in [-0.2, 0) is 0 Å². The first-order chi connectivity index (χ1) is 12.9. The van der Waals surface area contributed by atoms with E-state index in [4.69, 9.17) is 5.73 Å². The molecule has 3 heterocycles. The topological polar surface area (TPSA) is 107 Å². The molecule has 0 aliphatic rings. The third kappa shape index (κ3) is 3.56. The number of nitrogens with two attached hydrogens (primary N) is 1. The Morgan fingerprint density at radius 3 is 2.59 bits per heavy atom. The molecule has 27 heavy (non-hydrogen) atoms. The maximum atomic E-state index is 10.4. The van der Waals surface area contributed by atoms with Crippen LogP contribution in [0.4, 0.5) is 0 Å². The van der Waals surface area contributed by atoms with E-state index < -0.39 is 5.54 Å². The van der Waals surface area contributed by atoms with E-state index in [2.05, 4.69) is 20.2 Å². The minimum atomic E-state index is -0.411. The number of aromatic nitrogens is 6. The van der Waals surface area contributed by atoms with Crippen LogP contribution in [0, 0.1) is 0 Å². The van der Waals surface area contributed by atoms with E-state index in [-0.39, 0.29) is 5.75 Å². The van der Waals surface area contributed by atoms with Gasteiger partial charge in [-0.3, -0.25) is 4.40 Å². The molecule has 0 saturated carbocycles. The van der Waals surface area contributed by atoms with E-state index in [0.29, 0.717) is 22.7 Å². The number of phenols is 1. The summed E-state index contributed by atoms with van der Waals surface area (Å²) in [4.78, 5) is 10.5. The normalized spacial score (nSPS) is 12.3. The highest BCUT2D eigenvalue weighted by molar-refractivity contribution is 5.70. The summed E-state index contributed by atoms with van der Waals surface area (Å²) in [6.45, 7) is 3.84. The zero-order valence-corrected chi connectivity index (χ0v) is 15.0. The molecule has 3 N–H and O–H groups in total. The number of aromatic hydroxyl groups is 1. The molecule has 3 aromatic heterocycles. The predicted octanol–water partition coefficient (Wildman–Crippen LogP) is 2.43. The smallest absolute Gasteiger partial charge is 0.234 e. The summed E-state index contributed by atoms with van der Waals surface area (Å²) in [6, 6.07) is 7.09. The Balaban J connectivity index is 1.69. The van der Waals surface area contributed by atoms with Crippen LogP contribution in [0.5, 0.6) is 5.75 Å². The lowest BCUT2D eigenvalue weighted by Gasteiger charge is -2.11. The van der Waals surface area contributed by atoms with E-state index in [9.17, 15) is 5.11 Å². The zero-order valence-electron chi connectivity index (χ0n) is 15.0. The van der Waals surface area contributed by atoms with Gasteiger partial charge in [-0.1, -0.05) is 6.08 Å². The van der Waals surface area contributed by atoms with Crippen LogP contribution in [0.25, 0.3) is 28.8 Å². The number of hydrogen-bond acceptors (Lipinski definition) is 6. The van der Waals surface area contributed by atoms with Gasteiger partial charge in [0, 0.05) is 29.6 Å². The van der Waals surface area contributed by atoms with E-state index in [1.807, 2.05) is 54.9 Å². The molecular weight excluding hydrogens is 342 g/mol. The van der Waals surface area contributed by atoms with Crippen molar-refractivity contribution < 1.29 is 5.11 Å². The quantitative estimate of drug-likeness (QED) is 0.578. The van der Waals surface area contributed by atoms with Gasteiger partial charge in [-0.15, -0.1) is 0 Å². The average Bonchev–Trinajstić information content (AvgIpc) is 3.28. The second-order valence-electron chi connectivity index (χ2n) is 6.86. The molecule has 1 aromatic carbocycles. The fourth-order valence-electron chi connectivity index (χ4n) is 2.62. The van der Waals surface area contributed by atoms with Gasteiger partial charge in [0.25, 0.3) is 0 Å². The van der Waals surface area contributed by atoms with Gasteiger partial charge in [0.15, 0.2) is 0 Å². The van der Waals surface area contributed by atoms with E-state index in [1.54, 1.807) is 24.5 Å². The maximum absolute atomic E-state index is 10.4. The first kappa shape index (κ1) is 16.9. The Morgan fingerprint density at radius 1 is 1.11 bits per heavy atom. The molecule has 0 unspecified atom stereocenters. The number of fused-ring (bicyclic) bond motifs is 1. The Kier molecular flexibility index (Phi) is 3.97. The van der Waals surface area contributed by atoms with Crippen LogP contribution in [0.1, 0.15) is 19.5 Å². The van der Waals surface area contributed by atoms with E-state index in [0.717, 1.165) is 5.69 Å². The first-order valence-electron chi connectivity index (χ1n) is 8.43. The van der Waals surface area contributed by atoms with Gasteiger partial charge in [-0.2, -0.15) is 15.0 Å². The lowest BCUT2D eigenvalue weighted by atomic mass is 10.1. The Morgan fingerprint density at radius 2 is 1.89 bits per heavy atom. The summed E-state index contributed by atoms with van der Waals surface area (Å²) in [5.74, 6) is 0.636. The molecule has 0 radical (unpaired) electrons. The van der Waals surface area contributed by atoms with Crippen LogP contribution < -0.4 is 5.73 Å². The fraction of sp³-hybridized carbons (Fsp3) is 0.158. The zero-order chi connectivity index (χ0) is 19.0. The lowest BCUT2D eigenvalue weighted by molar-refractivity contribution is 0.476. The van der Waals surface area contributed by atoms with Crippen molar-refractivity contribution in [3.8, 4) is 22.7 Å². The van der Waals surface area contributed by atoms with Crippen molar-refractivity contribution >= 4 is 11.9 Å². The maximum Gasteiger partial charge on any atom is 0.234 e. The summed E-state index contributed by atoms with van der Waals surface area (Å²) in [7, 11) is 0. The van der Waals surface area contributed by atoms with Gasteiger partial charge in [0.1, 0.15) is 5.75 Å². The molecule has 0 fully saturated rings. The van der Waals surface area contributed by atoms with Crippen molar-refractivity contribution in [2.75, 3.05) is 0 Å². The van der Waals surface area contributed by atoms with Crippen molar-refractivity contribution in [3.05, 3.63) is 60.8 Å². The molecule has 136 valence electrons. The monoisotopic (exact) mass is 361 g/mol. The summed E-state index contributed by atoms with van der Waals surface area (Å²) < 4.78 is 1.81. The second kappa shape index (κ2) is 6.33. The highest BCUT2D eigenvalue weighted by Crippen LogP contribution is 2.30. The van der Waals surface area contributed by atoms with Crippen LogP contribution in [0.3, 0.4) is 0 Å². The van der Waals surface area contributed by atoms with Gasteiger partial charge in [0.05, 0.1) is 29.5 Å². The second-order valence-corrected chi connectivity index (χ2v) is 6.86. The number of benzene rings is 1. The third-order valence-corrected chi connectivity index (χ3v) is 3.94. The number of hydrogen-bond donors (Lipinski definition) is 2. The molecule has 4 aromatic rings. The van der Waals surface area contributed by atoms with Gasteiger partial charge in [0.2, 0.25) is 5.78 Å². The molecule has 0 atom stereocenters. The molecule has 0 bridgehead atoms.